The number of rotatable bonds is 7. The van der Waals surface area contributed by atoms with Crippen molar-refractivity contribution in [3.63, 3.8) is 0 Å². The molecule has 0 aromatic carbocycles. The van der Waals surface area contributed by atoms with Gasteiger partial charge >= 0.3 is 5.97 Å². The Labute approximate surface area is 123 Å². The third-order valence-corrected chi connectivity index (χ3v) is 5.06. The summed E-state index contributed by atoms with van der Waals surface area (Å²) in [7, 11) is -3.81. The fourth-order valence-electron chi connectivity index (χ4n) is 1.10. The van der Waals surface area contributed by atoms with E-state index < -0.39 is 21.8 Å². The average Bonchev–Trinajstić information content (AvgIpc) is 2.72. The first kappa shape index (κ1) is 16.1. The van der Waals surface area contributed by atoms with Crippen LogP contribution in [-0.2, 0) is 10.0 Å². The van der Waals surface area contributed by atoms with Crippen molar-refractivity contribution in [2.75, 3.05) is 18.1 Å². The lowest BCUT2D eigenvalue weighted by Crippen LogP contribution is -2.26. The summed E-state index contributed by atoms with van der Waals surface area (Å²) in [6, 6.07) is 0.948. The third kappa shape index (κ3) is 4.58. The Morgan fingerprint density at radius 1 is 1.63 bits per heavy atom. The third-order valence-electron chi connectivity index (χ3n) is 1.88. The Morgan fingerprint density at radius 2 is 2.32 bits per heavy atom. The highest BCUT2D eigenvalue weighted by atomic mass is 79.9. The highest BCUT2D eigenvalue weighted by molar-refractivity contribution is 9.10. The van der Waals surface area contributed by atoms with Crippen LogP contribution in [0.2, 0.25) is 0 Å². The molecular weight excluding hydrogens is 358 g/mol. The first-order valence-electron chi connectivity index (χ1n) is 4.92. The van der Waals surface area contributed by atoms with Crippen molar-refractivity contribution in [3.05, 3.63) is 16.5 Å². The summed E-state index contributed by atoms with van der Waals surface area (Å²) < 4.78 is 30.7. The van der Waals surface area contributed by atoms with Gasteiger partial charge in [-0.15, -0.1) is 18.2 Å². The van der Waals surface area contributed by atoms with Crippen LogP contribution in [-0.4, -0.2) is 37.5 Å². The van der Waals surface area contributed by atoms with Crippen LogP contribution in [0.1, 0.15) is 10.6 Å². The average molecular weight is 368 g/mol. The summed E-state index contributed by atoms with van der Waals surface area (Å²) in [6.07, 6.45) is 5.05. The molecule has 104 valence electrons. The van der Waals surface area contributed by atoms with Crippen molar-refractivity contribution in [3.8, 4) is 12.3 Å². The minimum Gasteiger partial charge on any atom is -0.475 e. The topological polar surface area (TPSA) is 96.6 Å². The number of carboxylic acids is 1. The molecular formula is C10H10BrNO5S2. The molecule has 0 fully saturated rings. The van der Waals surface area contributed by atoms with Gasteiger partial charge in [0.25, 0.3) is 0 Å². The predicted molar refractivity (Wildman–Crippen MR) is 74.7 cm³/mol. The molecule has 19 heavy (non-hydrogen) atoms. The lowest BCUT2D eigenvalue weighted by molar-refractivity contribution is 0.0661. The van der Waals surface area contributed by atoms with E-state index in [0.29, 0.717) is 11.5 Å². The number of carboxylic acid groups (broad SMARTS) is 1. The number of thioether (sulfide) groups is 1. The molecule has 0 saturated carbocycles. The number of hydrogen-bond acceptors (Lipinski definition) is 5. The molecule has 0 aliphatic rings. The van der Waals surface area contributed by atoms with Gasteiger partial charge in [0.1, 0.15) is 4.90 Å². The Balaban J connectivity index is 2.72. The molecule has 1 rings (SSSR count). The van der Waals surface area contributed by atoms with Crippen LogP contribution < -0.4 is 4.72 Å². The molecule has 9 heteroatoms. The number of sulfonamides is 1. The van der Waals surface area contributed by atoms with E-state index in [1.54, 1.807) is 0 Å². The van der Waals surface area contributed by atoms with Gasteiger partial charge in [-0.05, 0) is 15.9 Å². The zero-order valence-corrected chi connectivity index (χ0v) is 12.8. The molecule has 0 atom stereocenters. The smallest absolute Gasteiger partial charge is 0.371 e. The van der Waals surface area contributed by atoms with Crippen LogP contribution in [0.15, 0.2) is 20.0 Å². The SMILES string of the molecule is C#CCSCCNS(=O)(=O)c1cc(C(=O)O)oc1Br. The van der Waals surface area contributed by atoms with E-state index in [-0.39, 0.29) is 16.1 Å². The molecule has 2 N–H and O–H groups in total. The number of hydrogen-bond donors (Lipinski definition) is 2. The van der Waals surface area contributed by atoms with Gasteiger partial charge in [0.15, 0.2) is 4.67 Å². The molecule has 1 heterocycles. The Morgan fingerprint density at radius 3 is 2.84 bits per heavy atom. The van der Waals surface area contributed by atoms with Gasteiger partial charge in [0, 0.05) is 18.4 Å². The second-order valence-electron chi connectivity index (χ2n) is 3.21. The number of aromatic carboxylic acids is 1. The molecule has 0 saturated heterocycles. The van der Waals surface area contributed by atoms with Gasteiger partial charge in [-0.3, -0.25) is 0 Å². The van der Waals surface area contributed by atoms with E-state index in [9.17, 15) is 13.2 Å². The van der Waals surface area contributed by atoms with E-state index in [1.807, 2.05) is 0 Å². The standard InChI is InChI=1S/C10H10BrNO5S2/c1-2-4-18-5-3-12-19(15,16)8-6-7(10(13)14)17-9(8)11/h1,6,12H,3-5H2,(H,13,14). The van der Waals surface area contributed by atoms with Crippen LogP contribution in [0.3, 0.4) is 0 Å². The molecule has 0 radical (unpaired) electrons. The summed E-state index contributed by atoms with van der Waals surface area (Å²) in [5.41, 5.74) is 0. The zero-order chi connectivity index (χ0) is 14.5. The van der Waals surface area contributed by atoms with Crippen molar-refractivity contribution >= 4 is 43.7 Å². The molecule has 0 aliphatic heterocycles. The van der Waals surface area contributed by atoms with Gasteiger partial charge in [-0.1, -0.05) is 5.92 Å². The number of nitrogens with one attached hydrogen (secondary N) is 1. The quantitative estimate of drug-likeness (QED) is 0.558. The Kier molecular flexibility index (Phi) is 5.93. The van der Waals surface area contributed by atoms with E-state index in [2.05, 4.69) is 26.6 Å². The molecule has 0 amide bonds. The van der Waals surface area contributed by atoms with E-state index >= 15 is 0 Å². The molecule has 1 aromatic rings. The van der Waals surface area contributed by atoms with Crippen LogP contribution in [0.25, 0.3) is 0 Å². The summed E-state index contributed by atoms with van der Waals surface area (Å²) in [5.74, 6) is 1.65. The summed E-state index contributed by atoms with van der Waals surface area (Å²) in [4.78, 5) is 10.4. The number of halogens is 1. The molecule has 0 spiro atoms. The van der Waals surface area contributed by atoms with Crippen molar-refractivity contribution in [2.24, 2.45) is 0 Å². The van der Waals surface area contributed by atoms with Crippen molar-refractivity contribution in [1.82, 2.24) is 4.72 Å². The molecule has 0 aliphatic carbocycles. The second-order valence-corrected chi connectivity index (χ2v) is 6.77. The molecule has 1 aromatic heterocycles. The molecule has 0 bridgehead atoms. The maximum absolute atomic E-state index is 11.9. The van der Waals surface area contributed by atoms with Crippen molar-refractivity contribution < 1.29 is 22.7 Å². The van der Waals surface area contributed by atoms with Crippen LogP contribution in [0.4, 0.5) is 0 Å². The van der Waals surface area contributed by atoms with E-state index in [0.717, 1.165) is 6.07 Å². The number of furan rings is 1. The number of terminal acetylenes is 1. The van der Waals surface area contributed by atoms with E-state index in [4.69, 9.17) is 15.9 Å². The van der Waals surface area contributed by atoms with Gasteiger partial charge in [-0.2, -0.15) is 0 Å². The normalized spacial score (nSPS) is 11.2. The Hall–Kier alpha value is -0.950. The summed E-state index contributed by atoms with van der Waals surface area (Å²) in [6.45, 7) is 0.189. The van der Waals surface area contributed by atoms with Crippen LogP contribution >= 0.6 is 27.7 Å². The molecule has 6 nitrogen and oxygen atoms in total. The lowest BCUT2D eigenvalue weighted by Gasteiger charge is -2.03. The summed E-state index contributed by atoms with van der Waals surface area (Å²) >= 11 is 4.29. The first-order chi connectivity index (χ1) is 8.88. The maximum Gasteiger partial charge on any atom is 0.371 e. The highest BCUT2D eigenvalue weighted by Gasteiger charge is 2.24. The fourth-order valence-corrected chi connectivity index (χ4v) is 3.71. The van der Waals surface area contributed by atoms with Gasteiger partial charge in [0.05, 0.1) is 5.75 Å². The van der Waals surface area contributed by atoms with Gasteiger partial charge in [-0.25, -0.2) is 17.9 Å². The minimum atomic E-state index is -3.81. The first-order valence-corrected chi connectivity index (χ1v) is 8.35. The fraction of sp³-hybridized carbons (Fsp3) is 0.300. The zero-order valence-electron chi connectivity index (χ0n) is 9.55. The highest BCUT2D eigenvalue weighted by Crippen LogP contribution is 2.25. The number of carbonyl (C=O) groups is 1. The van der Waals surface area contributed by atoms with Crippen LogP contribution in [0.5, 0.6) is 0 Å². The monoisotopic (exact) mass is 367 g/mol. The summed E-state index contributed by atoms with van der Waals surface area (Å²) in [5, 5.41) is 8.71. The second kappa shape index (κ2) is 7.00. The lowest BCUT2D eigenvalue weighted by atomic mass is 10.5. The minimum absolute atomic E-state index is 0.145. The molecule has 0 unspecified atom stereocenters. The largest absolute Gasteiger partial charge is 0.475 e. The van der Waals surface area contributed by atoms with Gasteiger partial charge < -0.3 is 9.52 Å². The van der Waals surface area contributed by atoms with E-state index in [1.165, 1.54) is 11.8 Å². The predicted octanol–water partition coefficient (Wildman–Crippen LogP) is 1.39. The maximum atomic E-state index is 11.9. The van der Waals surface area contributed by atoms with Crippen LogP contribution in [0, 0.1) is 12.3 Å². The van der Waals surface area contributed by atoms with Gasteiger partial charge in [0.2, 0.25) is 15.8 Å². The van der Waals surface area contributed by atoms with Crippen molar-refractivity contribution in [1.29, 1.82) is 0 Å². The Bertz CT molecular complexity index is 602. The van der Waals surface area contributed by atoms with Crippen molar-refractivity contribution in [2.45, 2.75) is 4.90 Å².